The summed E-state index contributed by atoms with van der Waals surface area (Å²) in [5.74, 6) is 0.858. The number of benzene rings is 1. The van der Waals surface area contributed by atoms with Crippen molar-refractivity contribution in [2.24, 2.45) is 0 Å². The SMILES string of the molecule is C=C(C#N)Cc1ccc(OC(C)C)cc1. The zero-order chi connectivity index (χ0) is 11.3. The second kappa shape index (κ2) is 5.21. The number of nitriles is 1. The van der Waals surface area contributed by atoms with E-state index in [-0.39, 0.29) is 6.10 Å². The minimum absolute atomic E-state index is 0.185. The Kier molecular flexibility index (Phi) is 3.93. The van der Waals surface area contributed by atoms with Crippen molar-refractivity contribution in [3.63, 3.8) is 0 Å². The number of ether oxygens (including phenoxy) is 1. The molecule has 0 saturated carbocycles. The van der Waals surface area contributed by atoms with Crippen LogP contribution in [-0.2, 0) is 6.42 Å². The summed E-state index contributed by atoms with van der Waals surface area (Å²) in [5.41, 5.74) is 1.66. The van der Waals surface area contributed by atoms with E-state index in [1.165, 1.54) is 0 Å². The van der Waals surface area contributed by atoms with Gasteiger partial charge < -0.3 is 4.74 Å². The lowest BCUT2D eigenvalue weighted by molar-refractivity contribution is 0.242. The van der Waals surface area contributed by atoms with Crippen molar-refractivity contribution in [2.45, 2.75) is 26.4 Å². The first-order chi connectivity index (χ1) is 7.11. The minimum atomic E-state index is 0.185. The van der Waals surface area contributed by atoms with Crippen LogP contribution in [0.2, 0.25) is 0 Å². The van der Waals surface area contributed by atoms with Gasteiger partial charge in [-0.25, -0.2) is 0 Å². The quantitative estimate of drug-likeness (QED) is 0.701. The van der Waals surface area contributed by atoms with Gasteiger partial charge in [0.1, 0.15) is 5.75 Å². The van der Waals surface area contributed by atoms with E-state index in [1.54, 1.807) is 0 Å². The van der Waals surface area contributed by atoms with Crippen LogP contribution in [0.5, 0.6) is 5.75 Å². The summed E-state index contributed by atoms with van der Waals surface area (Å²) in [6, 6.07) is 9.78. The molecular weight excluding hydrogens is 186 g/mol. The van der Waals surface area contributed by atoms with Crippen LogP contribution in [0.3, 0.4) is 0 Å². The van der Waals surface area contributed by atoms with Gasteiger partial charge in [-0.2, -0.15) is 5.26 Å². The van der Waals surface area contributed by atoms with Crippen molar-refractivity contribution in [1.29, 1.82) is 5.26 Å². The highest BCUT2D eigenvalue weighted by molar-refractivity contribution is 5.32. The predicted molar refractivity (Wildman–Crippen MR) is 60.7 cm³/mol. The molecule has 0 amide bonds. The summed E-state index contributed by atoms with van der Waals surface area (Å²) in [5, 5.41) is 8.60. The molecule has 0 saturated heterocycles. The third-order valence-electron chi connectivity index (χ3n) is 1.87. The molecule has 78 valence electrons. The highest BCUT2D eigenvalue weighted by Gasteiger charge is 1.99. The molecular formula is C13H15NO. The third-order valence-corrected chi connectivity index (χ3v) is 1.87. The first-order valence-electron chi connectivity index (χ1n) is 4.95. The molecule has 1 aromatic carbocycles. The van der Waals surface area contributed by atoms with Gasteiger partial charge in [0.25, 0.3) is 0 Å². The van der Waals surface area contributed by atoms with Gasteiger partial charge in [-0.3, -0.25) is 0 Å². The second-order valence-electron chi connectivity index (χ2n) is 3.70. The Morgan fingerprint density at radius 3 is 2.47 bits per heavy atom. The molecule has 0 aliphatic carbocycles. The van der Waals surface area contributed by atoms with Gasteiger partial charge >= 0.3 is 0 Å². The van der Waals surface area contributed by atoms with Crippen LogP contribution in [0.15, 0.2) is 36.4 Å². The molecule has 1 rings (SSSR count). The standard InChI is InChI=1S/C13H15NO/c1-10(2)15-13-6-4-12(5-7-13)8-11(3)9-14/h4-7,10H,3,8H2,1-2H3. The van der Waals surface area contributed by atoms with Gasteiger partial charge in [-0.05, 0) is 31.5 Å². The summed E-state index contributed by atoms with van der Waals surface area (Å²) < 4.78 is 5.51. The largest absolute Gasteiger partial charge is 0.491 e. The van der Waals surface area contributed by atoms with E-state index in [1.807, 2.05) is 44.2 Å². The van der Waals surface area contributed by atoms with E-state index in [4.69, 9.17) is 10.00 Å². The number of rotatable bonds is 4. The molecule has 0 aliphatic rings. The van der Waals surface area contributed by atoms with E-state index in [0.717, 1.165) is 11.3 Å². The molecule has 2 heteroatoms. The van der Waals surface area contributed by atoms with E-state index >= 15 is 0 Å². The van der Waals surface area contributed by atoms with Crippen LogP contribution in [0.4, 0.5) is 0 Å². The molecule has 0 aromatic heterocycles. The summed E-state index contributed by atoms with van der Waals surface area (Å²) in [4.78, 5) is 0. The average Bonchev–Trinajstić information content (AvgIpc) is 2.20. The Hall–Kier alpha value is -1.75. The topological polar surface area (TPSA) is 33.0 Å². The van der Waals surface area contributed by atoms with Crippen molar-refractivity contribution in [2.75, 3.05) is 0 Å². The molecule has 0 heterocycles. The van der Waals surface area contributed by atoms with Crippen molar-refractivity contribution >= 4 is 0 Å². The highest BCUT2D eigenvalue weighted by Crippen LogP contribution is 2.15. The molecule has 0 bridgehead atoms. The fraction of sp³-hybridized carbons (Fsp3) is 0.308. The van der Waals surface area contributed by atoms with Crippen LogP contribution in [-0.4, -0.2) is 6.10 Å². The first-order valence-corrected chi connectivity index (χ1v) is 4.95. The van der Waals surface area contributed by atoms with E-state index in [9.17, 15) is 0 Å². The van der Waals surface area contributed by atoms with Crippen molar-refractivity contribution in [3.8, 4) is 11.8 Å². The first kappa shape index (κ1) is 11.3. The Labute approximate surface area is 90.8 Å². The number of allylic oxidation sites excluding steroid dienone is 1. The van der Waals surface area contributed by atoms with Crippen molar-refractivity contribution < 1.29 is 4.74 Å². The monoisotopic (exact) mass is 201 g/mol. The van der Waals surface area contributed by atoms with Gasteiger partial charge in [-0.1, -0.05) is 18.7 Å². The fourth-order valence-corrected chi connectivity index (χ4v) is 1.24. The average molecular weight is 201 g/mol. The van der Waals surface area contributed by atoms with Crippen LogP contribution in [0, 0.1) is 11.3 Å². The molecule has 0 spiro atoms. The van der Waals surface area contributed by atoms with Crippen LogP contribution in [0.25, 0.3) is 0 Å². The van der Waals surface area contributed by atoms with Gasteiger partial charge in [0, 0.05) is 12.0 Å². The van der Waals surface area contributed by atoms with Gasteiger partial charge in [-0.15, -0.1) is 0 Å². The Morgan fingerprint density at radius 2 is 2.00 bits per heavy atom. The van der Waals surface area contributed by atoms with Gasteiger partial charge in [0.15, 0.2) is 0 Å². The maximum absolute atomic E-state index is 8.60. The smallest absolute Gasteiger partial charge is 0.119 e. The maximum atomic E-state index is 8.60. The number of nitrogens with zero attached hydrogens (tertiary/aromatic N) is 1. The van der Waals surface area contributed by atoms with E-state index in [2.05, 4.69) is 6.58 Å². The zero-order valence-electron chi connectivity index (χ0n) is 9.16. The lowest BCUT2D eigenvalue weighted by Gasteiger charge is -2.09. The molecule has 0 atom stereocenters. The summed E-state index contributed by atoms with van der Waals surface area (Å²) in [6.07, 6.45) is 0.795. The minimum Gasteiger partial charge on any atom is -0.491 e. The Bertz CT molecular complexity index is 371. The molecule has 2 nitrogen and oxygen atoms in total. The number of hydrogen-bond acceptors (Lipinski definition) is 2. The molecule has 0 fully saturated rings. The summed E-state index contributed by atoms with van der Waals surface area (Å²) >= 11 is 0. The van der Waals surface area contributed by atoms with Crippen molar-refractivity contribution in [3.05, 3.63) is 42.0 Å². The number of hydrogen-bond donors (Lipinski definition) is 0. The maximum Gasteiger partial charge on any atom is 0.119 e. The predicted octanol–water partition coefficient (Wildman–Crippen LogP) is 3.10. The van der Waals surface area contributed by atoms with Gasteiger partial charge in [0.2, 0.25) is 0 Å². The molecule has 1 aromatic rings. The fourth-order valence-electron chi connectivity index (χ4n) is 1.24. The normalized spacial score (nSPS) is 9.73. The zero-order valence-corrected chi connectivity index (χ0v) is 9.16. The van der Waals surface area contributed by atoms with E-state index in [0.29, 0.717) is 12.0 Å². The van der Waals surface area contributed by atoms with Crippen molar-refractivity contribution in [1.82, 2.24) is 0 Å². The lowest BCUT2D eigenvalue weighted by Crippen LogP contribution is -2.05. The van der Waals surface area contributed by atoms with Gasteiger partial charge in [0.05, 0.1) is 12.2 Å². The summed E-state index contributed by atoms with van der Waals surface area (Å²) in [7, 11) is 0. The third kappa shape index (κ3) is 3.86. The molecule has 15 heavy (non-hydrogen) atoms. The van der Waals surface area contributed by atoms with Crippen LogP contribution >= 0.6 is 0 Å². The highest BCUT2D eigenvalue weighted by atomic mass is 16.5. The van der Waals surface area contributed by atoms with Crippen LogP contribution < -0.4 is 4.74 Å². The molecule has 0 aliphatic heterocycles. The Balaban J connectivity index is 2.65. The molecule has 0 N–H and O–H groups in total. The molecule has 0 unspecified atom stereocenters. The second-order valence-corrected chi connectivity index (χ2v) is 3.70. The van der Waals surface area contributed by atoms with Crippen LogP contribution in [0.1, 0.15) is 19.4 Å². The van der Waals surface area contributed by atoms with E-state index < -0.39 is 0 Å². The molecule has 0 radical (unpaired) electrons. The lowest BCUT2D eigenvalue weighted by atomic mass is 10.1. The summed E-state index contributed by atoms with van der Waals surface area (Å²) in [6.45, 7) is 7.63. The Morgan fingerprint density at radius 1 is 1.40 bits per heavy atom.